The van der Waals surface area contributed by atoms with Crippen molar-refractivity contribution in [1.82, 2.24) is 10.6 Å². The molecule has 22 heavy (non-hydrogen) atoms. The number of hydrogen-bond donors (Lipinski definition) is 2. The van der Waals surface area contributed by atoms with E-state index >= 15 is 0 Å². The van der Waals surface area contributed by atoms with E-state index < -0.39 is 43.5 Å². The summed E-state index contributed by atoms with van der Waals surface area (Å²) in [5.41, 5.74) is 0.538. The van der Waals surface area contributed by atoms with Crippen LogP contribution in [0.1, 0.15) is 24.9 Å². The van der Waals surface area contributed by atoms with E-state index in [0.717, 1.165) is 0 Å². The van der Waals surface area contributed by atoms with Gasteiger partial charge in [0.25, 0.3) is 5.92 Å². The van der Waals surface area contributed by atoms with E-state index in [2.05, 4.69) is 15.4 Å². The first-order valence-electron chi connectivity index (χ1n) is 6.73. The number of carbonyl (C=O) groups excluding carboxylic acids is 1. The third-order valence-electron chi connectivity index (χ3n) is 3.37. The molecule has 2 rings (SSSR count). The summed E-state index contributed by atoms with van der Waals surface area (Å²) in [5.74, 6) is -3.47. The van der Waals surface area contributed by atoms with Crippen LogP contribution in [0.2, 0.25) is 0 Å². The topological polar surface area (TPSA) is 50.4 Å². The van der Waals surface area contributed by atoms with E-state index in [9.17, 15) is 22.4 Å². The SMILES string of the molecule is CC(NC(=O)C1CC(F)(F)CN1)c1cccc(OC(F)F)c1. The van der Waals surface area contributed by atoms with Gasteiger partial charge < -0.3 is 10.1 Å². The fourth-order valence-corrected chi connectivity index (χ4v) is 2.26. The first-order valence-corrected chi connectivity index (χ1v) is 6.73. The number of ether oxygens (including phenoxy) is 1. The highest BCUT2D eigenvalue weighted by atomic mass is 19.3. The second-order valence-electron chi connectivity index (χ2n) is 5.17. The van der Waals surface area contributed by atoms with Crippen molar-refractivity contribution < 1.29 is 27.1 Å². The van der Waals surface area contributed by atoms with Crippen molar-refractivity contribution >= 4 is 5.91 Å². The summed E-state index contributed by atoms with van der Waals surface area (Å²) in [6.07, 6.45) is -0.555. The normalized spacial score (nSPS) is 21.6. The van der Waals surface area contributed by atoms with Crippen molar-refractivity contribution in [2.75, 3.05) is 6.54 Å². The van der Waals surface area contributed by atoms with Gasteiger partial charge in [0.1, 0.15) is 5.75 Å². The van der Waals surface area contributed by atoms with E-state index in [1.165, 1.54) is 18.2 Å². The van der Waals surface area contributed by atoms with E-state index in [1.807, 2.05) is 0 Å². The molecular weight excluding hydrogens is 304 g/mol. The van der Waals surface area contributed by atoms with Crippen LogP contribution in [0.15, 0.2) is 24.3 Å². The number of alkyl halides is 4. The minimum Gasteiger partial charge on any atom is -0.435 e. The maximum absolute atomic E-state index is 13.1. The largest absolute Gasteiger partial charge is 0.435 e. The van der Waals surface area contributed by atoms with Gasteiger partial charge in [0.2, 0.25) is 5.91 Å². The summed E-state index contributed by atoms with van der Waals surface area (Å²) in [7, 11) is 0. The lowest BCUT2D eigenvalue weighted by Gasteiger charge is -2.18. The number of hydrogen-bond acceptors (Lipinski definition) is 3. The molecule has 1 fully saturated rings. The Bertz CT molecular complexity index is 539. The van der Waals surface area contributed by atoms with Crippen LogP contribution in [0.4, 0.5) is 17.6 Å². The second-order valence-corrected chi connectivity index (χ2v) is 5.17. The predicted octanol–water partition coefficient (Wildman–Crippen LogP) is 2.46. The molecule has 2 N–H and O–H groups in total. The van der Waals surface area contributed by atoms with Crippen molar-refractivity contribution in [2.24, 2.45) is 0 Å². The molecule has 0 bridgehead atoms. The summed E-state index contributed by atoms with van der Waals surface area (Å²) in [4.78, 5) is 11.9. The maximum atomic E-state index is 13.1. The van der Waals surface area contributed by atoms with Crippen LogP contribution < -0.4 is 15.4 Å². The molecule has 8 heteroatoms. The first-order chi connectivity index (χ1) is 10.3. The number of benzene rings is 1. The Hall–Kier alpha value is -1.83. The predicted molar refractivity (Wildman–Crippen MR) is 71.0 cm³/mol. The standard InChI is InChI=1S/C14H16F4N2O2/c1-8(9-3-2-4-10(5-9)22-13(15)16)20-12(21)11-6-14(17,18)7-19-11/h2-5,8,11,13,19H,6-7H2,1H3,(H,20,21). The van der Waals surface area contributed by atoms with Crippen molar-refractivity contribution in [3.63, 3.8) is 0 Å². The Morgan fingerprint density at radius 3 is 2.77 bits per heavy atom. The van der Waals surface area contributed by atoms with E-state index in [1.54, 1.807) is 13.0 Å². The highest BCUT2D eigenvalue weighted by molar-refractivity contribution is 5.82. The second kappa shape index (κ2) is 6.51. The molecule has 0 aromatic heterocycles. The van der Waals surface area contributed by atoms with Gasteiger partial charge in [-0.2, -0.15) is 8.78 Å². The highest BCUT2D eigenvalue weighted by Gasteiger charge is 2.42. The summed E-state index contributed by atoms with van der Waals surface area (Å²) in [6, 6.07) is 4.39. The minimum atomic E-state index is -2.94. The molecule has 1 aromatic carbocycles. The Balaban J connectivity index is 1.97. The van der Waals surface area contributed by atoms with Crippen molar-refractivity contribution in [3.8, 4) is 5.75 Å². The number of carbonyl (C=O) groups is 1. The lowest BCUT2D eigenvalue weighted by Crippen LogP contribution is -2.41. The van der Waals surface area contributed by atoms with Gasteiger partial charge in [-0.05, 0) is 24.6 Å². The minimum absolute atomic E-state index is 0.0286. The summed E-state index contributed by atoms with van der Waals surface area (Å²) in [5, 5.41) is 5.03. The van der Waals surface area contributed by atoms with Crippen LogP contribution >= 0.6 is 0 Å². The molecule has 0 aliphatic carbocycles. The Morgan fingerprint density at radius 2 is 2.18 bits per heavy atom. The van der Waals surface area contributed by atoms with Gasteiger partial charge in [0, 0.05) is 6.42 Å². The zero-order valence-corrected chi connectivity index (χ0v) is 11.8. The molecule has 4 nitrogen and oxygen atoms in total. The van der Waals surface area contributed by atoms with Crippen molar-refractivity contribution in [2.45, 2.75) is 38.0 Å². The zero-order chi connectivity index (χ0) is 16.3. The number of halogens is 4. The summed E-state index contributed by atoms with van der Waals surface area (Å²) < 4.78 is 54.7. The number of rotatable bonds is 5. The smallest absolute Gasteiger partial charge is 0.387 e. The molecule has 1 aliphatic rings. The summed E-state index contributed by atoms with van der Waals surface area (Å²) >= 11 is 0. The quantitative estimate of drug-likeness (QED) is 0.820. The third kappa shape index (κ3) is 4.33. The van der Waals surface area contributed by atoms with Crippen LogP contribution in [0.5, 0.6) is 5.75 Å². The van der Waals surface area contributed by atoms with Crippen LogP contribution in [0, 0.1) is 0 Å². The van der Waals surface area contributed by atoms with Gasteiger partial charge in [0.05, 0.1) is 18.6 Å². The van der Waals surface area contributed by atoms with Crippen LogP contribution in [0.3, 0.4) is 0 Å². The molecule has 1 aromatic rings. The molecule has 122 valence electrons. The molecule has 0 spiro atoms. The average molecular weight is 320 g/mol. The molecule has 1 saturated heterocycles. The molecular formula is C14H16F4N2O2. The van der Waals surface area contributed by atoms with Gasteiger partial charge in [0.15, 0.2) is 0 Å². The number of amides is 1. The number of nitrogens with one attached hydrogen (secondary N) is 2. The van der Waals surface area contributed by atoms with Gasteiger partial charge in [-0.25, -0.2) is 8.78 Å². The lowest BCUT2D eigenvalue weighted by atomic mass is 10.1. The monoisotopic (exact) mass is 320 g/mol. The molecule has 0 radical (unpaired) electrons. The molecule has 2 atom stereocenters. The van der Waals surface area contributed by atoms with E-state index in [0.29, 0.717) is 5.56 Å². The Kier molecular flexibility index (Phi) is 4.90. The van der Waals surface area contributed by atoms with Crippen LogP contribution in [0.25, 0.3) is 0 Å². The molecule has 2 unspecified atom stereocenters. The molecule has 1 aliphatic heterocycles. The van der Waals surface area contributed by atoms with E-state index in [4.69, 9.17) is 0 Å². The third-order valence-corrected chi connectivity index (χ3v) is 3.37. The molecule has 1 amide bonds. The van der Waals surface area contributed by atoms with Crippen molar-refractivity contribution in [3.05, 3.63) is 29.8 Å². The van der Waals surface area contributed by atoms with Gasteiger partial charge in [-0.15, -0.1) is 0 Å². The highest BCUT2D eigenvalue weighted by Crippen LogP contribution is 2.26. The average Bonchev–Trinajstić information content (AvgIpc) is 2.78. The Morgan fingerprint density at radius 1 is 1.45 bits per heavy atom. The fourth-order valence-electron chi connectivity index (χ4n) is 2.26. The van der Waals surface area contributed by atoms with Crippen LogP contribution in [-0.2, 0) is 4.79 Å². The molecule has 0 saturated carbocycles. The Labute approximate surface area is 124 Å². The zero-order valence-electron chi connectivity index (χ0n) is 11.8. The van der Waals surface area contributed by atoms with Gasteiger partial charge >= 0.3 is 6.61 Å². The lowest BCUT2D eigenvalue weighted by molar-refractivity contribution is -0.124. The van der Waals surface area contributed by atoms with E-state index in [-0.39, 0.29) is 5.75 Å². The van der Waals surface area contributed by atoms with Gasteiger partial charge in [-0.1, -0.05) is 12.1 Å². The first kappa shape index (κ1) is 16.5. The summed E-state index contributed by atoms with van der Waals surface area (Å²) in [6.45, 7) is -1.84. The molecule has 1 heterocycles. The van der Waals surface area contributed by atoms with Gasteiger partial charge in [-0.3, -0.25) is 10.1 Å². The van der Waals surface area contributed by atoms with Crippen LogP contribution in [-0.4, -0.2) is 31.0 Å². The van der Waals surface area contributed by atoms with Crippen molar-refractivity contribution in [1.29, 1.82) is 0 Å². The fraction of sp³-hybridized carbons (Fsp3) is 0.500. The maximum Gasteiger partial charge on any atom is 0.387 e.